The maximum Gasteiger partial charge on any atom is 0.227 e. The molecule has 7 nitrogen and oxygen atoms in total. The van der Waals surface area contributed by atoms with Crippen molar-refractivity contribution in [1.82, 2.24) is 9.97 Å². The minimum Gasteiger partial charge on any atom is -0.497 e. The minimum atomic E-state index is -0.284. The van der Waals surface area contributed by atoms with Gasteiger partial charge < -0.3 is 24.8 Å². The first-order chi connectivity index (χ1) is 12.7. The lowest BCUT2D eigenvalue weighted by Gasteiger charge is -2.36. The Morgan fingerprint density at radius 3 is 2.73 bits per heavy atom. The molecule has 2 aromatic rings. The largest absolute Gasteiger partial charge is 0.497 e. The van der Waals surface area contributed by atoms with Gasteiger partial charge >= 0.3 is 0 Å². The van der Waals surface area contributed by atoms with E-state index in [2.05, 4.69) is 10.3 Å². The van der Waals surface area contributed by atoms with Crippen molar-refractivity contribution in [3.8, 4) is 5.75 Å². The molecule has 0 radical (unpaired) electrons. The third-order valence-electron chi connectivity index (χ3n) is 4.86. The topological polar surface area (TPSA) is 79.7 Å². The lowest BCUT2D eigenvalue weighted by Crippen LogP contribution is -2.51. The summed E-state index contributed by atoms with van der Waals surface area (Å²) < 4.78 is 10.7. The molecule has 0 bridgehead atoms. The highest BCUT2D eigenvalue weighted by Crippen LogP contribution is 2.28. The third kappa shape index (κ3) is 3.73. The van der Waals surface area contributed by atoms with Crippen molar-refractivity contribution in [1.29, 1.82) is 0 Å². The Kier molecular flexibility index (Phi) is 4.90. The van der Waals surface area contributed by atoms with E-state index in [1.165, 1.54) is 0 Å². The predicted octanol–water partition coefficient (Wildman–Crippen LogP) is 1.78. The molecule has 3 heterocycles. The lowest BCUT2D eigenvalue weighted by molar-refractivity contribution is 0.140. The van der Waals surface area contributed by atoms with Gasteiger partial charge in [-0.2, -0.15) is 4.98 Å². The van der Waals surface area contributed by atoms with Crippen molar-refractivity contribution in [3.63, 3.8) is 0 Å². The van der Waals surface area contributed by atoms with Gasteiger partial charge in [-0.15, -0.1) is 0 Å². The predicted molar refractivity (Wildman–Crippen MR) is 98.7 cm³/mol. The van der Waals surface area contributed by atoms with Crippen LogP contribution in [0, 0.1) is 0 Å². The number of methoxy groups -OCH3 is 1. The molecule has 2 saturated heterocycles. The van der Waals surface area contributed by atoms with Crippen molar-refractivity contribution >= 4 is 11.8 Å². The zero-order chi connectivity index (χ0) is 17.9. The maximum absolute atomic E-state index is 9.58. The van der Waals surface area contributed by atoms with Crippen LogP contribution in [0.2, 0.25) is 0 Å². The Morgan fingerprint density at radius 1 is 1.27 bits per heavy atom. The molecule has 2 aliphatic rings. The van der Waals surface area contributed by atoms with Crippen LogP contribution in [0.15, 0.2) is 30.3 Å². The monoisotopic (exact) mass is 356 g/mol. The van der Waals surface area contributed by atoms with Crippen LogP contribution in [0.25, 0.3) is 0 Å². The Morgan fingerprint density at radius 2 is 2.08 bits per heavy atom. The Bertz CT molecular complexity index is 741. The van der Waals surface area contributed by atoms with E-state index in [0.717, 1.165) is 35.9 Å². The summed E-state index contributed by atoms with van der Waals surface area (Å²) in [7, 11) is 1.66. The minimum absolute atomic E-state index is 0.284. The molecule has 0 aliphatic carbocycles. The molecule has 138 valence electrons. The smallest absolute Gasteiger partial charge is 0.227 e. The van der Waals surface area contributed by atoms with Gasteiger partial charge in [-0.3, -0.25) is 0 Å². The van der Waals surface area contributed by atoms with Gasteiger partial charge in [0.2, 0.25) is 5.95 Å². The molecule has 1 aromatic carbocycles. The van der Waals surface area contributed by atoms with Crippen LogP contribution in [-0.2, 0) is 11.3 Å². The molecule has 2 N–H and O–H groups in total. The van der Waals surface area contributed by atoms with Gasteiger partial charge in [0.25, 0.3) is 0 Å². The van der Waals surface area contributed by atoms with Crippen LogP contribution in [0.5, 0.6) is 5.75 Å². The van der Waals surface area contributed by atoms with Crippen LogP contribution in [0.1, 0.15) is 23.6 Å². The SMILES string of the molecule is COc1ccc(CNc2cc([C@H]3CCOC3)nc(N3CC(O)C3)n2)cc1. The van der Waals surface area contributed by atoms with Gasteiger partial charge in [0, 0.05) is 38.2 Å². The number of aromatic nitrogens is 2. The zero-order valence-electron chi connectivity index (χ0n) is 14.9. The van der Waals surface area contributed by atoms with Crippen LogP contribution in [0.3, 0.4) is 0 Å². The number of hydrogen-bond donors (Lipinski definition) is 2. The molecule has 0 unspecified atom stereocenters. The van der Waals surface area contributed by atoms with Crippen molar-refractivity contribution < 1.29 is 14.6 Å². The van der Waals surface area contributed by atoms with Crippen molar-refractivity contribution in [2.75, 3.05) is 43.6 Å². The first-order valence-corrected chi connectivity index (χ1v) is 8.98. The van der Waals surface area contributed by atoms with E-state index in [0.29, 0.717) is 38.1 Å². The molecule has 0 amide bonds. The Hall–Kier alpha value is -2.38. The average Bonchev–Trinajstić information content (AvgIpc) is 3.19. The van der Waals surface area contributed by atoms with Crippen LogP contribution < -0.4 is 15.0 Å². The van der Waals surface area contributed by atoms with Crippen molar-refractivity contribution in [2.45, 2.75) is 25.0 Å². The number of benzene rings is 1. The van der Waals surface area contributed by atoms with Gasteiger partial charge in [-0.25, -0.2) is 4.98 Å². The molecule has 1 atom stereocenters. The summed E-state index contributed by atoms with van der Waals surface area (Å²) in [4.78, 5) is 11.4. The van der Waals surface area contributed by atoms with E-state index >= 15 is 0 Å². The van der Waals surface area contributed by atoms with E-state index in [-0.39, 0.29) is 6.10 Å². The van der Waals surface area contributed by atoms with Crippen LogP contribution in [-0.4, -0.2) is 54.6 Å². The summed E-state index contributed by atoms with van der Waals surface area (Å²) >= 11 is 0. The second-order valence-corrected chi connectivity index (χ2v) is 6.80. The van der Waals surface area contributed by atoms with Gasteiger partial charge in [0.05, 0.1) is 25.5 Å². The second-order valence-electron chi connectivity index (χ2n) is 6.80. The van der Waals surface area contributed by atoms with E-state index < -0.39 is 0 Å². The fourth-order valence-corrected chi connectivity index (χ4v) is 3.22. The van der Waals surface area contributed by atoms with E-state index in [9.17, 15) is 5.11 Å². The number of nitrogens with zero attached hydrogens (tertiary/aromatic N) is 3. The fourth-order valence-electron chi connectivity index (χ4n) is 3.22. The van der Waals surface area contributed by atoms with Crippen LogP contribution >= 0.6 is 0 Å². The van der Waals surface area contributed by atoms with Gasteiger partial charge in [0.1, 0.15) is 11.6 Å². The molecule has 4 rings (SSSR count). The zero-order valence-corrected chi connectivity index (χ0v) is 14.9. The van der Waals surface area contributed by atoms with E-state index in [1.807, 2.05) is 35.2 Å². The van der Waals surface area contributed by atoms with Crippen molar-refractivity contribution in [2.24, 2.45) is 0 Å². The highest BCUT2D eigenvalue weighted by Gasteiger charge is 2.28. The van der Waals surface area contributed by atoms with Gasteiger partial charge in [0.15, 0.2) is 0 Å². The summed E-state index contributed by atoms with van der Waals surface area (Å²) in [5, 5.41) is 13.0. The summed E-state index contributed by atoms with van der Waals surface area (Å²) in [6.07, 6.45) is 0.699. The first-order valence-electron chi connectivity index (χ1n) is 8.98. The normalized spacial score (nSPS) is 20.1. The van der Waals surface area contributed by atoms with Gasteiger partial charge in [-0.1, -0.05) is 12.1 Å². The fraction of sp³-hybridized carbons (Fsp3) is 0.474. The molecule has 1 aromatic heterocycles. The van der Waals surface area contributed by atoms with Gasteiger partial charge in [-0.05, 0) is 24.1 Å². The van der Waals surface area contributed by atoms with Crippen molar-refractivity contribution in [3.05, 3.63) is 41.6 Å². The summed E-state index contributed by atoms with van der Waals surface area (Å²) in [6, 6.07) is 9.98. The molecule has 26 heavy (non-hydrogen) atoms. The molecule has 0 spiro atoms. The summed E-state index contributed by atoms with van der Waals surface area (Å²) in [5.41, 5.74) is 2.15. The van der Waals surface area contributed by atoms with Crippen LogP contribution in [0.4, 0.5) is 11.8 Å². The molecule has 2 fully saturated rings. The Labute approximate surface area is 153 Å². The molecular formula is C19H24N4O3. The molecule has 7 heteroatoms. The number of β-amino-alcohol motifs (C(OH)–C–C–N with tert-alkyl or cyclic N) is 1. The van der Waals surface area contributed by atoms with E-state index in [4.69, 9.17) is 14.5 Å². The summed E-state index contributed by atoms with van der Waals surface area (Å²) in [5.74, 6) is 2.63. The highest BCUT2D eigenvalue weighted by molar-refractivity contribution is 5.47. The quantitative estimate of drug-likeness (QED) is 0.817. The molecular weight excluding hydrogens is 332 g/mol. The number of anilines is 2. The number of ether oxygens (including phenoxy) is 2. The number of hydrogen-bond acceptors (Lipinski definition) is 7. The standard InChI is InChI=1S/C19H24N4O3/c1-25-16-4-2-13(3-5-16)9-20-18-8-17(14-6-7-26-12-14)21-19(22-18)23-10-15(24)11-23/h2-5,8,14-15,24H,6-7,9-12H2,1H3,(H,20,21,22)/t14-/m0/s1. The van der Waals surface area contributed by atoms with E-state index in [1.54, 1.807) is 7.11 Å². The first kappa shape index (κ1) is 17.1. The third-order valence-corrected chi connectivity index (χ3v) is 4.86. The number of aliphatic hydroxyl groups is 1. The number of nitrogens with one attached hydrogen (secondary N) is 1. The second kappa shape index (κ2) is 7.47. The maximum atomic E-state index is 9.58. The Balaban J connectivity index is 1.51. The molecule has 0 saturated carbocycles. The number of rotatable bonds is 6. The molecule has 2 aliphatic heterocycles. The summed E-state index contributed by atoms with van der Waals surface area (Å²) in [6.45, 7) is 3.33. The average molecular weight is 356 g/mol. The highest BCUT2D eigenvalue weighted by atomic mass is 16.5. The number of aliphatic hydroxyl groups excluding tert-OH is 1. The lowest BCUT2D eigenvalue weighted by atomic mass is 10.0.